The summed E-state index contributed by atoms with van der Waals surface area (Å²) in [5.41, 5.74) is 2.41. The van der Waals surface area contributed by atoms with E-state index < -0.39 is 6.04 Å². The van der Waals surface area contributed by atoms with Crippen molar-refractivity contribution in [3.8, 4) is 0 Å². The fraction of sp³-hybridized carbons (Fsp3) is 0.333. The van der Waals surface area contributed by atoms with E-state index in [1.165, 1.54) is 0 Å². The Hall–Kier alpha value is -2.33. The Morgan fingerprint density at radius 3 is 2.12 bits per heavy atom. The summed E-state index contributed by atoms with van der Waals surface area (Å²) in [7, 11) is 0. The molecule has 4 nitrogen and oxygen atoms in total. The number of amides is 2. The standard InChI is InChI=1S/C21H25ClN2O2/c1-13(2)19(24-20(25)18-8-6-5-7-14(18)3)21(26)23-15(4)16-9-11-17(22)12-10-16/h5-13,15,19H,1-4H3,(H,23,26)(H,24,25). The summed E-state index contributed by atoms with van der Waals surface area (Å²) >= 11 is 5.91. The Labute approximate surface area is 159 Å². The molecule has 0 saturated heterocycles. The smallest absolute Gasteiger partial charge is 0.252 e. The molecule has 2 unspecified atom stereocenters. The van der Waals surface area contributed by atoms with Gasteiger partial charge in [0.05, 0.1) is 6.04 Å². The second-order valence-corrected chi connectivity index (χ2v) is 7.23. The monoisotopic (exact) mass is 372 g/mol. The fourth-order valence-corrected chi connectivity index (χ4v) is 2.85. The molecular weight excluding hydrogens is 348 g/mol. The SMILES string of the molecule is Cc1ccccc1C(=O)NC(C(=O)NC(C)c1ccc(Cl)cc1)C(C)C. The van der Waals surface area contributed by atoms with Crippen molar-refractivity contribution in [2.75, 3.05) is 0 Å². The second-order valence-electron chi connectivity index (χ2n) is 6.79. The first-order valence-electron chi connectivity index (χ1n) is 8.72. The zero-order valence-corrected chi connectivity index (χ0v) is 16.3. The normalized spacial score (nSPS) is 13.2. The van der Waals surface area contributed by atoms with Crippen LogP contribution in [0.2, 0.25) is 5.02 Å². The molecule has 0 fully saturated rings. The van der Waals surface area contributed by atoms with Gasteiger partial charge in [-0.15, -0.1) is 0 Å². The van der Waals surface area contributed by atoms with Crippen molar-refractivity contribution in [3.63, 3.8) is 0 Å². The van der Waals surface area contributed by atoms with Gasteiger partial charge in [0.15, 0.2) is 0 Å². The average molecular weight is 373 g/mol. The van der Waals surface area contributed by atoms with Crippen molar-refractivity contribution in [2.45, 2.75) is 39.8 Å². The van der Waals surface area contributed by atoms with Crippen molar-refractivity contribution in [1.29, 1.82) is 0 Å². The highest BCUT2D eigenvalue weighted by Crippen LogP contribution is 2.17. The van der Waals surface area contributed by atoms with E-state index in [9.17, 15) is 9.59 Å². The van der Waals surface area contributed by atoms with Crippen LogP contribution in [0.15, 0.2) is 48.5 Å². The molecule has 26 heavy (non-hydrogen) atoms. The van der Waals surface area contributed by atoms with Crippen LogP contribution in [0.4, 0.5) is 0 Å². The molecule has 2 N–H and O–H groups in total. The Balaban J connectivity index is 2.08. The number of aryl methyl sites for hydroxylation is 1. The maximum absolute atomic E-state index is 12.7. The molecule has 0 saturated carbocycles. The van der Waals surface area contributed by atoms with E-state index in [1.54, 1.807) is 18.2 Å². The molecule has 2 aromatic rings. The third-order valence-corrected chi connectivity index (χ3v) is 4.61. The van der Waals surface area contributed by atoms with Crippen LogP contribution in [0, 0.1) is 12.8 Å². The van der Waals surface area contributed by atoms with Crippen LogP contribution in [0.5, 0.6) is 0 Å². The van der Waals surface area contributed by atoms with Gasteiger partial charge in [0.1, 0.15) is 6.04 Å². The molecule has 2 atom stereocenters. The Bertz CT molecular complexity index is 772. The van der Waals surface area contributed by atoms with E-state index >= 15 is 0 Å². The molecule has 0 radical (unpaired) electrons. The number of carbonyl (C=O) groups excluding carboxylic acids is 2. The van der Waals surface area contributed by atoms with Gasteiger partial charge in [0.2, 0.25) is 5.91 Å². The molecule has 2 amide bonds. The highest BCUT2D eigenvalue weighted by Gasteiger charge is 2.26. The molecule has 0 aliphatic rings. The average Bonchev–Trinajstić information content (AvgIpc) is 2.59. The van der Waals surface area contributed by atoms with E-state index in [4.69, 9.17) is 11.6 Å². The predicted octanol–water partition coefficient (Wildman–Crippen LogP) is 4.28. The maximum Gasteiger partial charge on any atom is 0.252 e. The maximum atomic E-state index is 12.7. The third-order valence-electron chi connectivity index (χ3n) is 4.35. The largest absolute Gasteiger partial charge is 0.348 e. The lowest BCUT2D eigenvalue weighted by Gasteiger charge is -2.24. The fourth-order valence-electron chi connectivity index (χ4n) is 2.72. The second kappa shape index (κ2) is 8.86. The van der Waals surface area contributed by atoms with Gasteiger partial charge in [-0.25, -0.2) is 0 Å². The van der Waals surface area contributed by atoms with Crippen molar-refractivity contribution < 1.29 is 9.59 Å². The third kappa shape index (κ3) is 5.09. The van der Waals surface area contributed by atoms with Gasteiger partial charge >= 0.3 is 0 Å². The number of rotatable bonds is 6. The summed E-state index contributed by atoms with van der Waals surface area (Å²) < 4.78 is 0. The van der Waals surface area contributed by atoms with Gasteiger partial charge in [0, 0.05) is 10.6 Å². The van der Waals surface area contributed by atoms with Crippen molar-refractivity contribution in [3.05, 3.63) is 70.2 Å². The summed E-state index contributed by atoms with van der Waals surface area (Å²) in [5.74, 6) is -0.485. The predicted molar refractivity (Wildman–Crippen MR) is 105 cm³/mol. The van der Waals surface area contributed by atoms with Crippen LogP contribution >= 0.6 is 11.6 Å². The molecule has 0 bridgehead atoms. The Morgan fingerprint density at radius 2 is 1.54 bits per heavy atom. The summed E-state index contributed by atoms with van der Waals surface area (Å²) in [6, 6.07) is 13.9. The summed E-state index contributed by atoms with van der Waals surface area (Å²) in [6.07, 6.45) is 0. The molecule has 0 aromatic heterocycles. The molecule has 2 aromatic carbocycles. The minimum atomic E-state index is -0.614. The van der Waals surface area contributed by atoms with Gasteiger partial charge in [-0.05, 0) is 49.1 Å². The van der Waals surface area contributed by atoms with Gasteiger partial charge in [-0.3, -0.25) is 9.59 Å². The molecule has 0 heterocycles. The highest BCUT2D eigenvalue weighted by atomic mass is 35.5. The van der Waals surface area contributed by atoms with Gasteiger partial charge in [-0.2, -0.15) is 0 Å². The molecule has 0 aliphatic carbocycles. The van der Waals surface area contributed by atoms with E-state index in [2.05, 4.69) is 10.6 Å². The minimum Gasteiger partial charge on any atom is -0.348 e. The van der Waals surface area contributed by atoms with Gasteiger partial charge in [-0.1, -0.05) is 55.8 Å². The summed E-state index contributed by atoms with van der Waals surface area (Å²) in [6.45, 7) is 7.61. The summed E-state index contributed by atoms with van der Waals surface area (Å²) in [5, 5.41) is 6.49. The zero-order chi connectivity index (χ0) is 19.3. The quantitative estimate of drug-likeness (QED) is 0.795. The topological polar surface area (TPSA) is 58.2 Å². The van der Waals surface area contributed by atoms with Gasteiger partial charge in [0.25, 0.3) is 5.91 Å². The molecule has 0 spiro atoms. The molecule has 2 rings (SSSR count). The summed E-state index contributed by atoms with van der Waals surface area (Å²) in [4.78, 5) is 25.3. The van der Waals surface area contributed by atoms with Crippen molar-refractivity contribution in [1.82, 2.24) is 10.6 Å². The lowest BCUT2D eigenvalue weighted by atomic mass is 10.0. The van der Waals surface area contributed by atoms with E-state index in [0.29, 0.717) is 10.6 Å². The lowest BCUT2D eigenvalue weighted by molar-refractivity contribution is -0.124. The van der Waals surface area contributed by atoms with Crippen LogP contribution in [-0.2, 0) is 4.79 Å². The first-order valence-corrected chi connectivity index (χ1v) is 9.09. The lowest BCUT2D eigenvalue weighted by Crippen LogP contribution is -2.50. The van der Waals surface area contributed by atoms with E-state index in [1.807, 2.05) is 58.0 Å². The number of halogens is 1. The molecule has 5 heteroatoms. The first-order chi connectivity index (χ1) is 12.3. The minimum absolute atomic E-state index is 0.0413. The Morgan fingerprint density at radius 1 is 0.923 bits per heavy atom. The number of nitrogens with one attached hydrogen (secondary N) is 2. The number of benzene rings is 2. The van der Waals surface area contributed by atoms with Crippen LogP contribution < -0.4 is 10.6 Å². The number of carbonyl (C=O) groups is 2. The molecule has 138 valence electrons. The van der Waals surface area contributed by atoms with Crippen LogP contribution in [0.3, 0.4) is 0 Å². The Kier molecular flexibility index (Phi) is 6.81. The van der Waals surface area contributed by atoms with E-state index in [0.717, 1.165) is 11.1 Å². The van der Waals surface area contributed by atoms with Crippen LogP contribution in [0.25, 0.3) is 0 Å². The number of hydrogen-bond acceptors (Lipinski definition) is 2. The van der Waals surface area contributed by atoms with Crippen LogP contribution in [-0.4, -0.2) is 17.9 Å². The highest BCUT2D eigenvalue weighted by molar-refractivity contribution is 6.30. The van der Waals surface area contributed by atoms with Crippen molar-refractivity contribution in [2.24, 2.45) is 5.92 Å². The molecular formula is C21H25ClN2O2. The first kappa shape index (κ1) is 20.0. The molecule has 0 aliphatic heterocycles. The van der Waals surface area contributed by atoms with E-state index in [-0.39, 0.29) is 23.8 Å². The number of hydrogen-bond donors (Lipinski definition) is 2. The van der Waals surface area contributed by atoms with Gasteiger partial charge < -0.3 is 10.6 Å². The zero-order valence-electron chi connectivity index (χ0n) is 15.5. The van der Waals surface area contributed by atoms with Crippen LogP contribution in [0.1, 0.15) is 48.3 Å². The van der Waals surface area contributed by atoms with Crippen molar-refractivity contribution >= 4 is 23.4 Å².